The second-order valence-electron chi connectivity index (χ2n) is 4.13. The summed E-state index contributed by atoms with van der Waals surface area (Å²) < 4.78 is 25.9. The Morgan fingerprint density at radius 3 is 2.45 bits per heavy atom. The van der Waals surface area contributed by atoms with E-state index in [1.165, 1.54) is 24.3 Å². The van der Waals surface area contributed by atoms with Crippen LogP contribution in [0.4, 0.5) is 14.6 Å². The van der Waals surface area contributed by atoms with Crippen LogP contribution in [0.5, 0.6) is 0 Å². The normalized spacial score (nSPS) is 10.3. The van der Waals surface area contributed by atoms with Gasteiger partial charge in [0.2, 0.25) is 0 Å². The third-order valence-corrected chi connectivity index (χ3v) is 2.54. The van der Waals surface area contributed by atoms with E-state index in [4.69, 9.17) is 5.73 Å². The van der Waals surface area contributed by atoms with Crippen molar-refractivity contribution in [2.75, 3.05) is 12.3 Å². The van der Waals surface area contributed by atoms with Gasteiger partial charge in [-0.05, 0) is 36.2 Å². The molecule has 0 radical (unpaired) electrons. The van der Waals surface area contributed by atoms with Crippen molar-refractivity contribution in [1.82, 2.24) is 15.5 Å². The number of aromatic nitrogens is 2. The van der Waals surface area contributed by atoms with Crippen LogP contribution in [0.15, 0.2) is 30.3 Å². The van der Waals surface area contributed by atoms with E-state index in [2.05, 4.69) is 15.5 Å². The number of carbonyl (C=O) groups is 1. The second kappa shape index (κ2) is 6.05. The molecule has 1 aromatic heterocycles. The summed E-state index contributed by atoms with van der Waals surface area (Å²) in [5.41, 5.74) is 5.95. The number of benzene rings is 1. The summed E-state index contributed by atoms with van der Waals surface area (Å²) in [6.45, 7) is 0.230. The van der Waals surface area contributed by atoms with Crippen molar-refractivity contribution in [1.29, 1.82) is 0 Å². The summed E-state index contributed by atoms with van der Waals surface area (Å²) in [7, 11) is 0. The van der Waals surface area contributed by atoms with Gasteiger partial charge >= 0.3 is 0 Å². The Bertz CT molecular complexity index is 596. The molecule has 0 aliphatic heterocycles. The molecule has 0 atom stereocenters. The summed E-state index contributed by atoms with van der Waals surface area (Å²) in [6.07, 6.45) is 0.308. The largest absolute Gasteiger partial charge is 0.382 e. The SMILES string of the molecule is Nc1ccc(C(=O)NCCc2cc(F)cc(F)c2)nn1. The van der Waals surface area contributed by atoms with E-state index >= 15 is 0 Å². The van der Waals surface area contributed by atoms with Crippen molar-refractivity contribution in [3.05, 3.63) is 53.2 Å². The van der Waals surface area contributed by atoms with Gasteiger partial charge in [0.15, 0.2) is 5.69 Å². The van der Waals surface area contributed by atoms with Gasteiger partial charge in [-0.25, -0.2) is 8.78 Å². The fraction of sp³-hybridized carbons (Fsp3) is 0.154. The lowest BCUT2D eigenvalue weighted by Crippen LogP contribution is -2.26. The van der Waals surface area contributed by atoms with Crippen LogP contribution < -0.4 is 11.1 Å². The Morgan fingerprint density at radius 1 is 1.15 bits per heavy atom. The molecule has 3 N–H and O–H groups in total. The first kappa shape index (κ1) is 13.9. The third kappa shape index (κ3) is 3.71. The molecule has 7 heteroatoms. The lowest BCUT2D eigenvalue weighted by Gasteiger charge is -2.05. The first-order valence-corrected chi connectivity index (χ1v) is 5.87. The van der Waals surface area contributed by atoms with Gasteiger partial charge in [-0.1, -0.05) is 0 Å². The van der Waals surface area contributed by atoms with Crippen LogP contribution >= 0.6 is 0 Å². The van der Waals surface area contributed by atoms with Gasteiger partial charge in [0.1, 0.15) is 17.5 Å². The smallest absolute Gasteiger partial charge is 0.271 e. The maximum atomic E-state index is 13.0. The number of nitrogens with zero attached hydrogens (tertiary/aromatic N) is 2. The van der Waals surface area contributed by atoms with Gasteiger partial charge in [-0.15, -0.1) is 10.2 Å². The zero-order valence-corrected chi connectivity index (χ0v) is 10.4. The highest BCUT2D eigenvalue weighted by atomic mass is 19.1. The number of hydrogen-bond acceptors (Lipinski definition) is 4. The summed E-state index contributed by atoms with van der Waals surface area (Å²) in [6, 6.07) is 6.14. The Labute approximate surface area is 113 Å². The van der Waals surface area contributed by atoms with Gasteiger partial charge in [0.05, 0.1) is 0 Å². The molecular formula is C13H12F2N4O. The molecular weight excluding hydrogens is 266 g/mol. The predicted octanol–water partition coefficient (Wildman–Crippen LogP) is 1.31. The topological polar surface area (TPSA) is 80.9 Å². The lowest BCUT2D eigenvalue weighted by atomic mass is 10.1. The molecule has 0 fully saturated rings. The molecule has 0 spiro atoms. The highest BCUT2D eigenvalue weighted by Gasteiger charge is 2.07. The van der Waals surface area contributed by atoms with Crippen molar-refractivity contribution < 1.29 is 13.6 Å². The number of nitrogens with two attached hydrogens (primary N) is 1. The number of nitrogens with one attached hydrogen (secondary N) is 1. The van der Waals surface area contributed by atoms with Crippen LogP contribution in [0.25, 0.3) is 0 Å². The predicted molar refractivity (Wildman–Crippen MR) is 68.8 cm³/mol. The Morgan fingerprint density at radius 2 is 1.85 bits per heavy atom. The zero-order chi connectivity index (χ0) is 14.5. The first-order valence-electron chi connectivity index (χ1n) is 5.87. The number of carbonyl (C=O) groups excluding carboxylic acids is 1. The van der Waals surface area contributed by atoms with Gasteiger partial charge in [0, 0.05) is 12.6 Å². The minimum absolute atomic E-state index is 0.129. The van der Waals surface area contributed by atoms with Gasteiger partial charge in [0.25, 0.3) is 5.91 Å². The number of nitrogen functional groups attached to an aromatic ring is 1. The van der Waals surface area contributed by atoms with E-state index in [1.54, 1.807) is 0 Å². The van der Waals surface area contributed by atoms with Crippen molar-refractivity contribution in [2.45, 2.75) is 6.42 Å². The fourth-order valence-electron chi connectivity index (χ4n) is 1.63. The number of amides is 1. The average Bonchev–Trinajstić information content (AvgIpc) is 2.38. The molecule has 0 bridgehead atoms. The number of rotatable bonds is 4. The lowest BCUT2D eigenvalue weighted by molar-refractivity contribution is 0.0948. The van der Waals surface area contributed by atoms with E-state index in [9.17, 15) is 13.6 Å². The van der Waals surface area contributed by atoms with Crippen LogP contribution in [0, 0.1) is 11.6 Å². The maximum Gasteiger partial charge on any atom is 0.271 e. The van der Waals surface area contributed by atoms with Crippen molar-refractivity contribution in [3.8, 4) is 0 Å². The van der Waals surface area contributed by atoms with E-state index < -0.39 is 17.5 Å². The van der Waals surface area contributed by atoms with Crippen LogP contribution in [0.2, 0.25) is 0 Å². The highest BCUT2D eigenvalue weighted by molar-refractivity contribution is 5.92. The van der Waals surface area contributed by atoms with Crippen molar-refractivity contribution >= 4 is 11.7 Å². The molecule has 20 heavy (non-hydrogen) atoms. The molecule has 0 unspecified atom stereocenters. The van der Waals surface area contributed by atoms with Gasteiger partial charge < -0.3 is 11.1 Å². The fourth-order valence-corrected chi connectivity index (χ4v) is 1.63. The standard InChI is InChI=1S/C13H12F2N4O/c14-9-5-8(6-10(15)7-9)3-4-17-13(20)11-1-2-12(16)19-18-11/h1-2,5-7H,3-4H2,(H2,16,19)(H,17,20). The highest BCUT2D eigenvalue weighted by Crippen LogP contribution is 2.08. The summed E-state index contributed by atoms with van der Waals surface area (Å²) in [5, 5.41) is 9.76. The molecule has 0 aliphatic rings. The molecule has 1 amide bonds. The van der Waals surface area contributed by atoms with E-state index in [1.807, 2.05) is 0 Å². The van der Waals surface area contributed by atoms with Crippen molar-refractivity contribution in [3.63, 3.8) is 0 Å². The molecule has 0 aliphatic carbocycles. The summed E-state index contributed by atoms with van der Waals surface area (Å²) in [5.74, 6) is -1.49. The molecule has 1 heterocycles. The van der Waals surface area contributed by atoms with E-state index in [0.29, 0.717) is 12.0 Å². The molecule has 2 rings (SSSR count). The number of hydrogen-bond donors (Lipinski definition) is 2. The van der Waals surface area contributed by atoms with Crippen LogP contribution in [-0.2, 0) is 6.42 Å². The molecule has 0 saturated carbocycles. The van der Waals surface area contributed by atoms with E-state index in [0.717, 1.165) is 6.07 Å². The summed E-state index contributed by atoms with van der Waals surface area (Å²) >= 11 is 0. The molecule has 2 aromatic rings. The minimum atomic E-state index is -0.643. The average molecular weight is 278 g/mol. The second-order valence-corrected chi connectivity index (χ2v) is 4.13. The molecule has 0 saturated heterocycles. The monoisotopic (exact) mass is 278 g/mol. The quantitative estimate of drug-likeness (QED) is 0.883. The summed E-state index contributed by atoms with van der Waals surface area (Å²) in [4.78, 5) is 11.7. The maximum absolute atomic E-state index is 13.0. The van der Waals surface area contributed by atoms with E-state index in [-0.39, 0.29) is 18.1 Å². The number of anilines is 1. The Hall–Kier alpha value is -2.57. The van der Waals surface area contributed by atoms with Crippen LogP contribution in [0.3, 0.4) is 0 Å². The first-order chi connectivity index (χ1) is 9.54. The van der Waals surface area contributed by atoms with Gasteiger partial charge in [-0.3, -0.25) is 4.79 Å². The van der Waals surface area contributed by atoms with Gasteiger partial charge in [-0.2, -0.15) is 0 Å². The molecule has 104 valence electrons. The van der Waals surface area contributed by atoms with Crippen LogP contribution in [0.1, 0.15) is 16.1 Å². The molecule has 1 aromatic carbocycles. The third-order valence-electron chi connectivity index (χ3n) is 2.54. The zero-order valence-electron chi connectivity index (χ0n) is 10.4. The Kier molecular flexibility index (Phi) is 4.19. The minimum Gasteiger partial charge on any atom is -0.382 e. The van der Waals surface area contributed by atoms with Crippen LogP contribution in [-0.4, -0.2) is 22.6 Å². The Balaban J connectivity index is 1.89. The number of halogens is 2. The van der Waals surface area contributed by atoms with Crippen molar-refractivity contribution in [2.24, 2.45) is 0 Å². The molecule has 5 nitrogen and oxygen atoms in total.